The number of aromatic nitrogens is 1. The zero-order chi connectivity index (χ0) is 25.1. The SMILES string of the molecule is CN(C)C1(c2cccs2)CCN(C(=O)CC(NCc2c[nH]c3ccc(Br)cc23)c2ccccc2)CC1. The Bertz CT molecular complexity index is 1290. The second-order valence-corrected chi connectivity index (χ2v) is 11.7. The van der Waals surface area contributed by atoms with Crippen LogP contribution in [-0.4, -0.2) is 47.9 Å². The second-order valence-electron chi connectivity index (χ2n) is 9.84. The van der Waals surface area contributed by atoms with Crippen molar-refractivity contribution in [3.8, 4) is 0 Å². The number of hydrogen-bond acceptors (Lipinski definition) is 4. The Hall–Kier alpha value is -2.45. The topological polar surface area (TPSA) is 51.4 Å². The van der Waals surface area contributed by atoms with Crippen molar-refractivity contribution in [1.82, 2.24) is 20.1 Å². The third-order valence-electron chi connectivity index (χ3n) is 7.63. The van der Waals surface area contributed by atoms with Gasteiger partial charge in [0.25, 0.3) is 0 Å². The number of thiophene rings is 1. The van der Waals surface area contributed by atoms with E-state index in [9.17, 15) is 4.79 Å². The van der Waals surface area contributed by atoms with E-state index in [1.54, 1.807) is 0 Å². The zero-order valence-electron chi connectivity index (χ0n) is 20.8. The molecular weight excluding hydrogens is 532 g/mol. The fourth-order valence-electron chi connectivity index (χ4n) is 5.41. The number of amides is 1. The Morgan fingerprint density at radius 2 is 1.92 bits per heavy atom. The molecule has 3 heterocycles. The summed E-state index contributed by atoms with van der Waals surface area (Å²) in [6.07, 6.45) is 4.42. The first-order valence-corrected chi connectivity index (χ1v) is 14.2. The maximum absolute atomic E-state index is 13.5. The Morgan fingerprint density at radius 1 is 1.14 bits per heavy atom. The third kappa shape index (κ3) is 5.16. The van der Waals surface area contributed by atoms with Crippen molar-refractivity contribution in [2.45, 2.75) is 37.4 Å². The Kier molecular flexibility index (Phi) is 7.62. The first-order chi connectivity index (χ1) is 17.5. The maximum atomic E-state index is 13.5. The lowest BCUT2D eigenvalue weighted by molar-refractivity contribution is -0.134. The highest BCUT2D eigenvalue weighted by molar-refractivity contribution is 9.10. The van der Waals surface area contributed by atoms with Crippen LogP contribution in [0, 0.1) is 0 Å². The third-order valence-corrected chi connectivity index (χ3v) is 9.18. The summed E-state index contributed by atoms with van der Waals surface area (Å²) in [5, 5.41) is 7.04. The van der Waals surface area contributed by atoms with Crippen molar-refractivity contribution in [3.05, 3.63) is 92.7 Å². The van der Waals surface area contributed by atoms with E-state index < -0.39 is 0 Å². The minimum atomic E-state index is -0.0476. The standard InChI is InChI=1S/C29H33BrN4OS/c1-33(2)29(27-9-6-16-36-27)12-14-34(15-13-29)28(35)18-26(21-7-4-3-5-8-21)32-20-22-19-31-25-11-10-23(30)17-24(22)25/h3-11,16-17,19,26,31-32H,12-15,18,20H2,1-2H3. The smallest absolute Gasteiger partial charge is 0.224 e. The monoisotopic (exact) mass is 564 g/mol. The van der Waals surface area contributed by atoms with E-state index in [4.69, 9.17) is 0 Å². The van der Waals surface area contributed by atoms with E-state index in [1.165, 1.54) is 15.8 Å². The highest BCUT2D eigenvalue weighted by Crippen LogP contribution is 2.40. The van der Waals surface area contributed by atoms with E-state index in [2.05, 4.69) is 98.1 Å². The average Bonchev–Trinajstić information content (AvgIpc) is 3.57. The molecule has 36 heavy (non-hydrogen) atoms. The molecule has 1 saturated heterocycles. The molecule has 0 bridgehead atoms. The summed E-state index contributed by atoms with van der Waals surface area (Å²) in [7, 11) is 4.33. The highest BCUT2D eigenvalue weighted by Gasteiger charge is 2.40. The number of aromatic amines is 1. The molecule has 0 spiro atoms. The van der Waals surface area contributed by atoms with Crippen LogP contribution in [0.1, 0.15) is 41.3 Å². The molecule has 1 amide bonds. The quantitative estimate of drug-likeness (QED) is 0.264. The van der Waals surface area contributed by atoms with Crippen LogP contribution in [0.5, 0.6) is 0 Å². The molecule has 2 aromatic carbocycles. The molecule has 1 atom stereocenters. The number of fused-ring (bicyclic) bond motifs is 1. The molecular formula is C29H33BrN4OS. The van der Waals surface area contributed by atoms with E-state index >= 15 is 0 Å². The summed E-state index contributed by atoms with van der Waals surface area (Å²) in [6, 6.07) is 20.9. The van der Waals surface area contributed by atoms with Gasteiger partial charge in [-0.1, -0.05) is 52.3 Å². The van der Waals surface area contributed by atoms with Gasteiger partial charge in [0.05, 0.1) is 5.54 Å². The fraction of sp³-hybridized carbons (Fsp3) is 0.345. The number of hydrogen-bond donors (Lipinski definition) is 2. The largest absolute Gasteiger partial charge is 0.361 e. The zero-order valence-corrected chi connectivity index (χ0v) is 23.2. The van der Waals surface area contributed by atoms with Crippen molar-refractivity contribution >= 4 is 44.1 Å². The van der Waals surface area contributed by atoms with Gasteiger partial charge in [-0.3, -0.25) is 9.69 Å². The van der Waals surface area contributed by atoms with E-state index in [1.807, 2.05) is 35.6 Å². The van der Waals surface area contributed by atoms with Gasteiger partial charge in [0.1, 0.15) is 0 Å². The summed E-state index contributed by atoms with van der Waals surface area (Å²) in [4.78, 5) is 22.7. The summed E-state index contributed by atoms with van der Waals surface area (Å²) in [6.45, 7) is 2.26. The van der Waals surface area contributed by atoms with Gasteiger partial charge in [0.2, 0.25) is 5.91 Å². The molecule has 2 N–H and O–H groups in total. The minimum Gasteiger partial charge on any atom is -0.361 e. The number of likely N-dealkylation sites (tertiary alicyclic amines) is 1. The lowest BCUT2D eigenvalue weighted by atomic mass is 9.84. The fourth-order valence-corrected chi connectivity index (χ4v) is 6.84. The Balaban J connectivity index is 1.28. The van der Waals surface area contributed by atoms with E-state index in [-0.39, 0.29) is 17.5 Å². The van der Waals surface area contributed by atoms with Gasteiger partial charge < -0.3 is 15.2 Å². The van der Waals surface area contributed by atoms with Crippen LogP contribution in [0.2, 0.25) is 0 Å². The molecule has 4 aromatic rings. The van der Waals surface area contributed by atoms with Crippen molar-refractivity contribution < 1.29 is 4.79 Å². The average molecular weight is 566 g/mol. The molecule has 7 heteroatoms. The summed E-state index contributed by atoms with van der Waals surface area (Å²) in [5.74, 6) is 0.219. The van der Waals surface area contributed by atoms with Gasteiger partial charge >= 0.3 is 0 Å². The molecule has 0 aliphatic carbocycles. The van der Waals surface area contributed by atoms with E-state index in [0.29, 0.717) is 13.0 Å². The number of benzene rings is 2. The highest BCUT2D eigenvalue weighted by atomic mass is 79.9. The van der Waals surface area contributed by atoms with E-state index in [0.717, 1.165) is 41.5 Å². The molecule has 5 nitrogen and oxygen atoms in total. The van der Waals surface area contributed by atoms with Gasteiger partial charge in [-0.05, 0) is 67.7 Å². The van der Waals surface area contributed by atoms with Crippen molar-refractivity contribution in [2.24, 2.45) is 0 Å². The number of H-pyrrole nitrogens is 1. The molecule has 1 fully saturated rings. The maximum Gasteiger partial charge on any atom is 0.224 e. The summed E-state index contributed by atoms with van der Waals surface area (Å²) in [5.41, 5.74) is 3.48. The normalized spacial score (nSPS) is 16.5. The van der Waals surface area contributed by atoms with Crippen LogP contribution in [0.4, 0.5) is 0 Å². The summed E-state index contributed by atoms with van der Waals surface area (Å²) < 4.78 is 1.06. The molecule has 1 unspecified atom stereocenters. The Morgan fingerprint density at radius 3 is 2.61 bits per heavy atom. The van der Waals surface area contributed by atoms with Crippen LogP contribution in [-0.2, 0) is 16.9 Å². The van der Waals surface area contributed by atoms with Gasteiger partial charge in [-0.15, -0.1) is 11.3 Å². The van der Waals surface area contributed by atoms with Crippen LogP contribution in [0.25, 0.3) is 10.9 Å². The van der Waals surface area contributed by atoms with Crippen molar-refractivity contribution in [2.75, 3.05) is 27.2 Å². The number of nitrogens with one attached hydrogen (secondary N) is 2. The lowest BCUT2D eigenvalue weighted by Gasteiger charge is -2.46. The van der Waals surface area contributed by atoms with Gasteiger partial charge in [-0.25, -0.2) is 0 Å². The van der Waals surface area contributed by atoms with Crippen LogP contribution in [0.15, 0.2) is 76.7 Å². The predicted octanol–water partition coefficient (Wildman–Crippen LogP) is 6.29. The Labute approximate surface area is 225 Å². The van der Waals surface area contributed by atoms with Gasteiger partial charge in [0.15, 0.2) is 0 Å². The number of carbonyl (C=O) groups excluding carboxylic acids is 1. The summed E-state index contributed by atoms with van der Waals surface area (Å²) >= 11 is 5.41. The van der Waals surface area contributed by atoms with Crippen LogP contribution >= 0.6 is 27.3 Å². The molecule has 1 aliphatic heterocycles. The first-order valence-electron chi connectivity index (χ1n) is 12.5. The number of halogens is 1. The van der Waals surface area contributed by atoms with Gasteiger partial charge in [-0.2, -0.15) is 0 Å². The first kappa shape index (κ1) is 25.2. The number of nitrogens with zero attached hydrogens (tertiary/aromatic N) is 2. The van der Waals surface area contributed by atoms with Gasteiger partial charge in [0, 0.05) is 58.5 Å². The molecule has 188 valence electrons. The second kappa shape index (κ2) is 10.9. The number of carbonyl (C=O) groups is 1. The number of rotatable bonds is 8. The molecule has 1 aliphatic rings. The number of piperidine rings is 1. The predicted molar refractivity (Wildman–Crippen MR) is 152 cm³/mol. The molecule has 0 saturated carbocycles. The van der Waals surface area contributed by atoms with Crippen LogP contribution in [0.3, 0.4) is 0 Å². The van der Waals surface area contributed by atoms with Crippen molar-refractivity contribution in [1.29, 1.82) is 0 Å². The van der Waals surface area contributed by atoms with Crippen molar-refractivity contribution in [3.63, 3.8) is 0 Å². The van der Waals surface area contributed by atoms with Crippen LogP contribution < -0.4 is 5.32 Å². The molecule has 2 aromatic heterocycles. The minimum absolute atomic E-state index is 0.0195. The molecule has 5 rings (SSSR count). The lowest BCUT2D eigenvalue weighted by Crippen LogP contribution is -2.51. The molecule has 0 radical (unpaired) electrons.